The van der Waals surface area contributed by atoms with Gasteiger partial charge in [0.15, 0.2) is 0 Å². The van der Waals surface area contributed by atoms with Crippen LogP contribution >= 0.6 is 11.8 Å². The summed E-state index contributed by atoms with van der Waals surface area (Å²) in [6, 6.07) is 14.4. The SMILES string of the molecule is CCCC1=Nc2cc(C(=O)N[C@H](C)CC)ccc2Sc2ccccc21. The van der Waals surface area contributed by atoms with Crippen LogP contribution in [0.15, 0.2) is 57.2 Å². The van der Waals surface area contributed by atoms with Gasteiger partial charge in [-0.1, -0.05) is 50.2 Å². The van der Waals surface area contributed by atoms with Gasteiger partial charge < -0.3 is 5.32 Å². The average Bonchev–Trinajstić information content (AvgIpc) is 2.77. The van der Waals surface area contributed by atoms with E-state index in [0.717, 1.165) is 35.6 Å². The van der Waals surface area contributed by atoms with Gasteiger partial charge in [-0.25, -0.2) is 0 Å². The van der Waals surface area contributed by atoms with E-state index in [4.69, 9.17) is 4.99 Å². The lowest BCUT2D eigenvalue weighted by atomic mass is 10.1. The third kappa shape index (κ3) is 3.96. The normalized spacial score (nSPS) is 14.0. The Balaban J connectivity index is 2.00. The van der Waals surface area contributed by atoms with Gasteiger partial charge in [0, 0.05) is 32.7 Å². The molecule has 1 aliphatic rings. The van der Waals surface area contributed by atoms with Crippen LogP contribution in [-0.2, 0) is 0 Å². The van der Waals surface area contributed by atoms with Crippen LogP contribution in [0.4, 0.5) is 5.69 Å². The Morgan fingerprint density at radius 2 is 1.96 bits per heavy atom. The number of benzene rings is 2. The second-order valence-electron chi connectivity index (χ2n) is 6.37. The van der Waals surface area contributed by atoms with Gasteiger partial charge >= 0.3 is 0 Å². The molecule has 0 aliphatic carbocycles. The maximum Gasteiger partial charge on any atom is 0.251 e. The number of fused-ring (bicyclic) bond motifs is 2. The van der Waals surface area contributed by atoms with Crippen molar-refractivity contribution in [3.63, 3.8) is 0 Å². The molecular weight excluding hydrogens is 328 g/mol. The Morgan fingerprint density at radius 3 is 2.72 bits per heavy atom. The van der Waals surface area contributed by atoms with Gasteiger partial charge in [-0.05, 0) is 44.0 Å². The van der Waals surface area contributed by atoms with Crippen molar-refractivity contribution in [1.29, 1.82) is 0 Å². The molecule has 0 spiro atoms. The molecule has 0 aromatic heterocycles. The van der Waals surface area contributed by atoms with E-state index in [1.807, 2.05) is 25.1 Å². The maximum atomic E-state index is 12.4. The van der Waals surface area contributed by atoms with Crippen molar-refractivity contribution in [2.24, 2.45) is 4.99 Å². The van der Waals surface area contributed by atoms with Crippen LogP contribution in [0.5, 0.6) is 0 Å². The smallest absolute Gasteiger partial charge is 0.251 e. The molecule has 0 unspecified atom stereocenters. The van der Waals surface area contributed by atoms with Crippen LogP contribution in [0.3, 0.4) is 0 Å². The Labute approximate surface area is 153 Å². The Bertz CT molecular complexity index is 813. The fraction of sp³-hybridized carbons (Fsp3) is 0.333. The van der Waals surface area contributed by atoms with Crippen LogP contribution in [0.25, 0.3) is 0 Å². The highest BCUT2D eigenvalue weighted by atomic mass is 32.2. The van der Waals surface area contributed by atoms with E-state index in [-0.39, 0.29) is 11.9 Å². The summed E-state index contributed by atoms with van der Waals surface area (Å²) < 4.78 is 0. The maximum absolute atomic E-state index is 12.4. The summed E-state index contributed by atoms with van der Waals surface area (Å²) in [6.07, 6.45) is 2.89. The number of carbonyl (C=O) groups is 1. The molecule has 0 radical (unpaired) electrons. The summed E-state index contributed by atoms with van der Waals surface area (Å²) in [7, 11) is 0. The summed E-state index contributed by atoms with van der Waals surface area (Å²) in [5.41, 5.74) is 3.87. The summed E-state index contributed by atoms with van der Waals surface area (Å²) in [5.74, 6) is -0.0313. The standard InChI is InChI=1S/C21H24N2OS/c1-4-8-17-16-9-6-7-10-19(16)25-20-12-11-15(13-18(20)23-17)21(24)22-14(3)5-2/h6-7,9-14H,4-5,8H2,1-3H3,(H,22,24)/t14-/m1/s1. The number of nitrogens with one attached hydrogen (secondary N) is 1. The molecule has 1 N–H and O–H groups in total. The average molecular weight is 353 g/mol. The van der Waals surface area contributed by atoms with E-state index in [1.165, 1.54) is 10.5 Å². The van der Waals surface area contributed by atoms with Gasteiger partial charge in [0.25, 0.3) is 5.91 Å². The highest BCUT2D eigenvalue weighted by Crippen LogP contribution is 2.41. The highest BCUT2D eigenvalue weighted by Gasteiger charge is 2.18. The lowest BCUT2D eigenvalue weighted by molar-refractivity contribution is 0.0939. The quantitative estimate of drug-likeness (QED) is 0.761. The molecule has 0 saturated heterocycles. The molecule has 0 bridgehead atoms. The van der Waals surface area contributed by atoms with Crippen molar-refractivity contribution in [3.8, 4) is 0 Å². The molecule has 0 saturated carbocycles. The fourth-order valence-corrected chi connectivity index (χ4v) is 3.81. The van der Waals surface area contributed by atoms with Crippen molar-refractivity contribution < 1.29 is 4.79 Å². The van der Waals surface area contributed by atoms with Crippen LogP contribution < -0.4 is 5.32 Å². The molecular formula is C21H24N2OS. The van der Waals surface area contributed by atoms with E-state index in [2.05, 4.69) is 43.4 Å². The molecule has 1 aliphatic heterocycles. The Morgan fingerprint density at radius 1 is 1.16 bits per heavy atom. The molecule has 0 fully saturated rings. The van der Waals surface area contributed by atoms with E-state index >= 15 is 0 Å². The third-order valence-corrected chi connectivity index (χ3v) is 5.51. The number of amides is 1. The molecule has 1 heterocycles. The monoisotopic (exact) mass is 352 g/mol. The predicted octanol–water partition coefficient (Wildman–Crippen LogP) is 5.60. The predicted molar refractivity (Wildman–Crippen MR) is 105 cm³/mol. The van der Waals surface area contributed by atoms with Gasteiger partial charge in [0.1, 0.15) is 0 Å². The second-order valence-corrected chi connectivity index (χ2v) is 7.46. The highest BCUT2D eigenvalue weighted by molar-refractivity contribution is 7.99. The number of carbonyl (C=O) groups excluding carboxylic acids is 1. The van der Waals surface area contributed by atoms with Gasteiger partial charge in [-0.2, -0.15) is 0 Å². The Kier molecular flexibility index (Phi) is 5.59. The molecule has 2 aromatic rings. The van der Waals surface area contributed by atoms with Crippen molar-refractivity contribution in [2.75, 3.05) is 0 Å². The zero-order valence-electron chi connectivity index (χ0n) is 15.0. The Hall–Kier alpha value is -2.07. The molecule has 130 valence electrons. The zero-order chi connectivity index (χ0) is 17.8. The van der Waals surface area contributed by atoms with Crippen LogP contribution in [-0.4, -0.2) is 17.7 Å². The first kappa shape index (κ1) is 17.7. The molecule has 4 heteroatoms. The summed E-state index contributed by atoms with van der Waals surface area (Å²) >= 11 is 1.73. The first-order chi connectivity index (χ1) is 12.1. The summed E-state index contributed by atoms with van der Waals surface area (Å²) in [6.45, 7) is 6.25. The van der Waals surface area contributed by atoms with Crippen molar-refractivity contribution >= 4 is 29.1 Å². The van der Waals surface area contributed by atoms with Crippen LogP contribution in [0.1, 0.15) is 56.0 Å². The van der Waals surface area contributed by atoms with Gasteiger partial charge in [0.05, 0.1) is 5.69 Å². The topological polar surface area (TPSA) is 41.5 Å². The van der Waals surface area contributed by atoms with Gasteiger partial charge in [0.2, 0.25) is 0 Å². The minimum atomic E-state index is -0.0313. The fourth-order valence-electron chi connectivity index (χ4n) is 2.79. The number of hydrogen-bond donors (Lipinski definition) is 1. The minimum Gasteiger partial charge on any atom is -0.350 e. The van der Waals surface area contributed by atoms with E-state index < -0.39 is 0 Å². The summed E-state index contributed by atoms with van der Waals surface area (Å²) in [4.78, 5) is 19.7. The minimum absolute atomic E-state index is 0.0313. The molecule has 2 aromatic carbocycles. The first-order valence-electron chi connectivity index (χ1n) is 8.92. The van der Waals surface area contributed by atoms with Crippen molar-refractivity contribution in [2.45, 2.75) is 55.9 Å². The molecule has 1 atom stereocenters. The summed E-state index contributed by atoms with van der Waals surface area (Å²) in [5, 5.41) is 3.03. The molecule has 3 rings (SSSR count). The third-order valence-electron chi connectivity index (χ3n) is 4.37. The van der Waals surface area contributed by atoms with E-state index in [1.54, 1.807) is 11.8 Å². The number of nitrogens with zero attached hydrogens (tertiary/aromatic N) is 1. The molecule has 3 nitrogen and oxygen atoms in total. The second kappa shape index (κ2) is 7.87. The lowest BCUT2D eigenvalue weighted by Crippen LogP contribution is -2.31. The number of rotatable bonds is 5. The largest absolute Gasteiger partial charge is 0.350 e. The zero-order valence-corrected chi connectivity index (χ0v) is 15.8. The van der Waals surface area contributed by atoms with Crippen LogP contribution in [0.2, 0.25) is 0 Å². The molecule has 1 amide bonds. The number of hydrogen-bond acceptors (Lipinski definition) is 3. The van der Waals surface area contributed by atoms with Crippen molar-refractivity contribution in [3.05, 3.63) is 53.6 Å². The van der Waals surface area contributed by atoms with Gasteiger partial charge in [-0.3, -0.25) is 9.79 Å². The van der Waals surface area contributed by atoms with Crippen LogP contribution in [0, 0.1) is 0 Å². The van der Waals surface area contributed by atoms with Gasteiger partial charge in [-0.15, -0.1) is 0 Å². The van der Waals surface area contributed by atoms with E-state index in [0.29, 0.717) is 5.56 Å². The first-order valence-corrected chi connectivity index (χ1v) is 9.73. The van der Waals surface area contributed by atoms with E-state index in [9.17, 15) is 4.79 Å². The van der Waals surface area contributed by atoms with Crippen molar-refractivity contribution in [1.82, 2.24) is 5.32 Å². The molecule has 25 heavy (non-hydrogen) atoms. The number of aliphatic imine (C=N–C) groups is 1. The lowest BCUT2D eigenvalue weighted by Gasteiger charge is -2.12.